The number of rotatable bonds is 4. The summed E-state index contributed by atoms with van der Waals surface area (Å²) < 4.78 is 4.55. The molecule has 0 unspecified atom stereocenters. The molecule has 4 nitrogen and oxygen atoms in total. The Labute approximate surface area is 167 Å². The first-order valence-corrected chi connectivity index (χ1v) is 9.65. The number of carbonyl (C=O) groups excluding carboxylic acids is 2. The van der Waals surface area contributed by atoms with Crippen LogP contribution in [0.25, 0.3) is 0 Å². The van der Waals surface area contributed by atoms with E-state index in [2.05, 4.69) is 33.9 Å². The van der Waals surface area contributed by atoms with Gasteiger partial charge in [0.15, 0.2) is 0 Å². The molecule has 1 aliphatic heterocycles. The first-order chi connectivity index (χ1) is 13.1. The molecule has 0 radical (unpaired) electrons. The molecule has 2 aromatic carbocycles. The number of Topliss-reactive ketones (excluding diaryl/α,β-unsaturated/α-hetero) is 1. The van der Waals surface area contributed by atoms with Gasteiger partial charge in [-0.2, -0.15) is 0 Å². The molecule has 1 saturated heterocycles. The fourth-order valence-corrected chi connectivity index (χ4v) is 2.57. The Bertz CT molecular complexity index is 652. The van der Waals surface area contributed by atoms with Crippen LogP contribution in [-0.4, -0.2) is 29.2 Å². The maximum atomic E-state index is 11.0. The third kappa shape index (κ3) is 10.5. The zero-order chi connectivity index (χ0) is 19.9. The Morgan fingerprint density at radius 3 is 1.89 bits per heavy atom. The lowest BCUT2D eigenvalue weighted by Gasteiger charge is -2.25. The molecule has 1 aliphatic rings. The van der Waals surface area contributed by atoms with Crippen LogP contribution in [0.3, 0.4) is 0 Å². The number of ketones is 1. The molecule has 0 aliphatic carbocycles. The third-order valence-electron chi connectivity index (χ3n) is 3.86. The van der Waals surface area contributed by atoms with Crippen LogP contribution in [0, 0.1) is 0 Å². The van der Waals surface area contributed by atoms with Crippen molar-refractivity contribution in [1.82, 2.24) is 4.90 Å². The Hall–Kier alpha value is -2.17. The fraction of sp³-hybridized carbons (Fsp3) is 0.364. The van der Waals surface area contributed by atoms with Crippen LogP contribution in [0.5, 0.6) is 0 Å². The van der Waals surface area contributed by atoms with Crippen molar-refractivity contribution in [1.29, 1.82) is 0 Å². The fourth-order valence-electron chi connectivity index (χ4n) is 2.52. The lowest BCUT2D eigenvalue weighted by Crippen LogP contribution is -2.33. The van der Waals surface area contributed by atoms with Crippen molar-refractivity contribution in [2.24, 2.45) is 0 Å². The molecule has 146 valence electrons. The Morgan fingerprint density at radius 2 is 1.41 bits per heavy atom. The summed E-state index contributed by atoms with van der Waals surface area (Å²) in [6.07, 6.45) is 1.46. The minimum Gasteiger partial charge on any atom is -0.449 e. The predicted octanol–water partition coefficient (Wildman–Crippen LogP) is 5.44. The summed E-state index contributed by atoms with van der Waals surface area (Å²) in [4.78, 5) is 23.5. The smallest absolute Gasteiger partial charge is 0.404 e. The number of halogens is 1. The van der Waals surface area contributed by atoms with E-state index in [1.807, 2.05) is 50.2 Å². The molecular weight excluding hydrogens is 362 g/mol. The molecular formula is C22H28ClNO3. The van der Waals surface area contributed by atoms with Gasteiger partial charge in [0, 0.05) is 44.1 Å². The van der Waals surface area contributed by atoms with Gasteiger partial charge in [-0.1, -0.05) is 74.5 Å². The summed E-state index contributed by atoms with van der Waals surface area (Å²) in [5.74, 6) is 0.411. The van der Waals surface area contributed by atoms with E-state index in [0.717, 1.165) is 38.0 Å². The quantitative estimate of drug-likeness (QED) is 0.653. The van der Waals surface area contributed by atoms with E-state index in [1.54, 1.807) is 0 Å². The molecule has 0 amide bonds. The SMILES string of the molecule is CC.O=C(Cl)OCc1ccccc1.O=C1CCN(Cc2ccccc2)CC1. The largest absolute Gasteiger partial charge is 0.449 e. The lowest BCUT2D eigenvalue weighted by atomic mass is 10.1. The molecule has 3 rings (SSSR count). The van der Waals surface area contributed by atoms with Gasteiger partial charge >= 0.3 is 5.43 Å². The molecule has 1 heterocycles. The minimum absolute atomic E-state index is 0.239. The number of nitrogens with zero attached hydrogens (tertiary/aromatic N) is 1. The van der Waals surface area contributed by atoms with Crippen molar-refractivity contribution >= 4 is 22.8 Å². The molecule has 0 N–H and O–H groups in total. The van der Waals surface area contributed by atoms with Crippen LogP contribution in [0.2, 0.25) is 0 Å². The summed E-state index contributed by atoms with van der Waals surface area (Å²) in [6, 6.07) is 19.8. The lowest BCUT2D eigenvalue weighted by molar-refractivity contribution is -0.121. The van der Waals surface area contributed by atoms with Gasteiger partial charge < -0.3 is 4.74 Å². The molecule has 5 heteroatoms. The Balaban J connectivity index is 0.000000254. The average molecular weight is 390 g/mol. The highest BCUT2D eigenvalue weighted by Crippen LogP contribution is 2.10. The monoisotopic (exact) mass is 389 g/mol. The maximum Gasteiger partial charge on any atom is 0.404 e. The van der Waals surface area contributed by atoms with Gasteiger partial charge in [0.1, 0.15) is 12.4 Å². The second-order valence-corrected chi connectivity index (χ2v) is 6.12. The van der Waals surface area contributed by atoms with Crippen molar-refractivity contribution in [3.05, 3.63) is 71.8 Å². The van der Waals surface area contributed by atoms with E-state index in [4.69, 9.17) is 11.6 Å². The normalized spacial score (nSPS) is 13.5. The van der Waals surface area contributed by atoms with Crippen LogP contribution in [-0.2, 0) is 22.7 Å². The van der Waals surface area contributed by atoms with Crippen LogP contribution >= 0.6 is 11.6 Å². The summed E-state index contributed by atoms with van der Waals surface area (Å²) in [5.41, 5.74) is 1.50. The standard InChI is InChI=1S/C12H15NO.C8H7ClO2.C2H6/c14-12-6-8-13(9-7-12)10-11-4-2-1-3-5-11;9-8(10)11-6-7-4-2-1-3-5-7;1-2/h1-5H,6-10H2;1-5H,6H2;1-2H3. The van der Waals surface area contributed by atoms with E-state index in [0.29, 0.717) is 5.78 Å². The summed E-state index contributed by atoms with van der Waals surface area (Å²) in [5, 5.41) is 0. The molecule has 0 aromatic heterocycles. The van der Waals surface area contributed by atoms with Gasteiger partial charge in [-0.15, -0.1) is 0 Å². The number of hydrogen-bond acceptors (Lipinski definition) is 4. The van der Waals surface area contributed by atoms with Crippen LogP contribution in [0.15, 0.2) is 60.7 Å². The number of piperidine rings is 1. The van der Waals surface area contributed by atoms with Crippen molar-refractivity contribution in [3.63, 3.8) is 0 Å². The first-order valence-electron chi connectivity index (χ1n) is 9.27. The summed E-state index contributed by atoms with van der Waals surface area (Å²) in [7, 11) is 0. The molecule has 2 aromatic rings. The summed E-state index contributed by atoms with van der Waals surface area (Å²) >= 11 is 4.97. The van der Waals surface area contributed by atoms with E-state index in [-0.39, 0.29) is 6.61 Å². The molecule has 27 heavy (non-hydrogen) atoms. The summed E-state index contributed by atoms with van der Waals surface area (Å²) in [6.45, 7) is 7.07. The van der Waals surface area contributed by atoms with E-state index in [9.17, 15) is 9.59 Å². The van der Waals surface area contributed by atoms with Crippen molar-refractivity contribution in [3.8, 4) is 0 Å². The second-order valence-electron chi connectivity index (χ2n) is 5.81. The number of hydrogen-bond donors (Lipinski definition) is 0. The van der Waals surface area contributed by atoms with E-state index in [1.165, 1.54) is 5.56 Å². The molecule has 0 spiro atoms. The zero-order valence-electron chi connectivity index (χ0n) is 16.1. The van der Waals surface area contributed by atoms with Gasteiger partial charge in [0.2, 0.25) is 0 Å². The number of ether oxygens (including phenoxy) is 1. The number of carbonyl (C=O) groups is 2. The van der Waals surface area contributed by atoms with Crippen LogP contribution in [0.4, 0.5) is 4.79 Å². The highest BCUT2D eigenvalue weighted by atomic mass is 35.5. The van der Waals surface area contributed by atoms with Crippen LogP contribution in [0.1, 0.15) is 37.8 Å². The highest BCUT2D eigenvalue weighted by Gasteiger charge is 2.15. The predicted molar refractivity (Wildman–Crippen MR) is 110 cm³/mol. The maximum absolute atomic E-state index is 11.0. The molecule has 0 bridgehead atoms. The van der Waals surface area contributed by atoms with E-state index < -0.39 is 5.43 Å². The second kappa shape index (κ2) is 14.0. The van der Waals surface area contributed by atoms with Crippen LogP contribution < -0.4 is 0 Å². The Morgan fingerprint density at radius 1 is 0.926 bits per heavy atom. The first kappa shape index (κ1) is 22.9. The highest BCUT2D eigenvalue weighted by molar-refractivity contribution is 6.61. The Kier molecular flexibility index (Phi) is 11.8. The van der Waals surface area contributed by atoms with Gasteiger partial charge in [-0.05, 0) is 11.1 Å². The zero-order valence-corrected chi connectivity index (χ0v) is 16.8. The van der Waals surface area contributed by atoms with E-state index >= 15 is 0 Å². The van der Waals surface area contributed by atoms with Gasteiger partial charge in [-0.3, -0.25) is 9.69 Å². The number of likely N-dealkylation sites (tertiary alicyclic amines) is 1. The van der Waals surface area contributed by atoms with Crippen molar-refractivity contribution < 1.29 is 14.3 Å². The van der Waals surface area contributed by atoms with Crippen molar-refractivity contribution in [2.75, 3.05) is 13.1 Å². The molecule has 1 fully saturated rings. The van der Waals surface area contributed by atoms with Crippen molar-refractivity contribution in [2.45, 2.75) is 39.8 Å². The third-order valence-corrected chi connectivity index (χ3v) is 3.97. The molecule has 0 atom stereocenters. The van der Waals surface area contributed by atoms with Gasteiger partial charge in [0.25, 0.3) is 0 Å². The number of benzene rings is 2. The minimum atomic E-state index is -0.770. The average Bonchev–Trinajstić information content (AvgIpc) is 2.72. The molecule has 0 saturated carbocycles. The van der Waals surface area contributed by atoms with Gasteiger partial charge in [-0.25, -0.2) is 4.79 Å². The van der Waals surface area contributed by atoms with Gasteiger partial charge in [0.05, 0.1) is 0 Å². The topological polar surface area (TPSA) is 46.6 Å².